The summed E-state index contributed by atoms with van der Waals surface area (Å²) in [6.07, 6.45) is 1.83. The van der Waals surface area contributed by atoms with Crippen LogP contribution in [0.15, 0.2) is 48.0 Å². The van der Waals surface area contributed by atoms with Gasteiger partial charge >= 0.3 is 0 Å². The summed E-state index contributed by atoms with van der Waals surface area (Å²) >= 11 is 1.64. The standard InChI is InChI=1S/C16H16N4S/c1-11-10-14(19-12(2)18-11)20-15(16-17-8-9-21-16)13-6-4-3-5-7-13/h3-10,15H,1-2H3,(H,18,19,20). The molecule has 1 atom stereocenters. The first-order valence-corrected chi connectivity index (χ1v) is 7.63. The number of hydrogen-bond donors (Lipinski definition) is 1. The second kappa shape index (κ2) is 6.01. The molecule has 0 fully saturated rings. The van der Waals surface area contributed by atoms with E-state index in [1.54, 1.807) is 11.3 Å². The molecule has 0 bridgehead atoms. The lowest BCUT2D eigenvalue weighted by molar-refractivity contribution is 0.895. The summed E-state index contributed by atoms with van der Waals surface area (Å²) in [5, 5.41) is 6.49. The van der Waals surface area contributed by atoms with Gasteiger partial charge < -0.3 is 5.32 Å². The van der Waals surface area contributed by atoms with Gasteiger partial charge in [-0.2, -0.15) is 0 Å². The zero-order chi connectivity index (χ0) is 14.7. The van der Waals surface area contributed by atoms with E-state index in [0.29, 0.717) is 0 Å². The molecule has 3 aromatic rings. The van der Waals surface area contributed by atoms with Gasteiger partial charge in [0.2, 0.25) is 0 Å². The van der Waals surface area contributed by atoms with E-state index in [1.807, 2.05) is 49.7 Å². The maximum atomic E-state index is 4.46. The van der Waals surface area contributed by atoms with E-state index in [9.17, 15) is 0 Å². The summed E-state index contributed by atoms with van der Waals surface area (Å²) in [4.78, 5) is 13.2. The molecule has 5 heteroatoms. The molecule has 1 aromatic carbocycles. The van der Waals surface area contributed by atoms with E-state index in [4.69, 9.17) is 0 Å². The quantitative estimate of drug-likeness (QED) is 0.796. The number of thiazole rings is 1. The monoisotopic (exact) mass is 296 g/mol. The highest BCUT2D eigenvalue weighted by atomic mass is 32.1. The van der Waals surface area contributed by atoms with Gasteiger partial charge in [0.1, 0.15) is 22.7 Å². The second-order valence-corrected chi connectivity index (χ2v) is 5.73. The Morgan fingerprint density at radius 1 is 1.10 bits per heavy atom. The third kappa shape index (κ3) is 3.25. The highest BCUT2D eigenvalue weighted by molar-refractivity contribution is 7.09. The average molecular weight is 296 g/mol. The van der Waals surface area contributed by atoms with Crippen molar-refractivity contribution in [3.05, 3.63) is 70.1 Å². The highest BCUT2D eigenvalue weighted by Crippen LogP contribution is 2.27. The molecule has 106 valence electrons. The Hall–Kier alpha value is -2.27. The summed E-state index contributed by atoms with van der Waals surface area (Å²) in [5.74, 6) is 1.59. The minimum atomic E-state index is -0.0000926. The van der Waals surface area contributed by atoms with Crippen molar-refractivity contribution in [2.75, 3.05) is 5.32 Å². The maximum Gasteiger partial charge on any atom is 0.130 e. The van der Waals surface area contributed by atoms with Crippen molar-refractivity contribution in [1.29, 1.82) is 0 Å². The summed E-state index contributed by atoms with van der Waals surface area (Å²) in [6, 6.07) is 12.2. The second-order valence-electron chi connectivity index (χ2n) is 4.80. The molecule has 0 saturated carbocycles. The number of nitrogens with one attached hydrogen (secondary N) is 1. The summed E-state index contributed by atoms with van der Waals surface area (Å²) in [5.41, 5.74) is 2.12. The third-order valence-corrected chi connectivity index (χ3v) is 3.93. The van der Waals surface area contributed by atoms with Gasteiger partial charge in [0.15, 0.2) is 0 Å². The van der Waals surface area contributed by atoms with Crippen molar-refractivity contribution in [3.8, 4) is 0 Å². The lowest BCUT2D eigenvalue weighted by Gasteiger charge is -2.18. The molecule has 4 nitrogen and oxygen atoms in total. The van der Waals surface area contributed by atoms with Crippen molar-refractivity contribution in [2.45, 2.75) is 19.9 Å². The first kappa shape index (κ1) is 13.7. The molecule has 0 spiro atoms. The maximum absolute atomic E-state index is 4.46. The van der Waals surface area contributed by atoms with Crippen LogP contribution in [0.2, 0.25) is 0 Å². The topological polar surface area (TPSA) is 50.7 Å². The summed E-state index contributed by atoms with van der Waals surface area (Å²) in [7, 11) is 0. The number of rotatable bonds is 4. The van der Waals surface area contributed by atoms with Crippen molar-refractivity contribution in [3.63, 3.8) is 0 Å². The number of hydrogen-bond acceptors (Lipinski definition) is 5. The lowest BCUT2D eigenvalue weighted by Crippen LogP contribution is -2.13. The fourth-order valence-corrected chi connectivity index (χ4v) is 2.96. The number of nitrogens with zero attached hydrogens (tertiary/aromatic N) is 3. The minimum Gasteiger partial charge on any atom is -0.357 e. The fourth-order valence-electron chi connectivity index (χ4n) is 2.25. The molecule has 2 aromatic heterocycles. The average Bonchev–Trinajstić information content (AvgIpc) is 2.98. The van der Waals surface area contributed by atoms with Crippen molar-refractivity contribution < 1.29 is 0 Å². The van der Waals surface area contributed by atoms with Crippen LogP contribution in [0.1, 0.15) is 28.1 Å². The van der Waals surface area contributed by atoms with E-state index >= 15 is 0 Å². The smallest absolute Gasteiger partial charge is 0.130 e. The van der Waals surface area contributed by atoms with E-state index in [2.05, 4.69) is 32.4 Å². The molecule has 21 heavy (non-hydrogen) atoms. The molecule has 1 unspecified atom stereocenters. The number of aromatic nitrogens is 3. The number of benzene rings is 1. The van der Waals surface area contributed by atoms with Gasteiger partial charge in [-0.15, -0.1) is 11.3 Å². The van der Waals surface area contributed by atoms with E-state index < -0.39 is 0 Å². The molecule has 0 aliphatic carbocycles. The Bertz CT molecular complexity index is 690. The van der Waals surface area contributed by atoms with Crippen LogP contribution >= 0.6 is 11.3 Å². The molecule has 0 amide bonds. The summed E-state index contributed by atoms with van der Waals surface area (Å²) in [6.45, 7) is 3.87. The molecule has 0 saturated heterocycles. The predicted octanol–water partition coefficient (Wildman–Crippen LogP) is 3.75. The van der Waals surface area contributed by atoms with Gasteiger partial charge in [0.25, 0.3) is 0 Å². The Labute approximate surface area is 127 Å². The Morgan fingerprint density at radius 2 is 1.90 bits per heavy atom. The van der Waals surface area contributed by atoms with Crippen LogP contribution in [-0.2, 0) is 0 Å². The zero-order valence-corrected chi connectivity index (χ0v) is 12.8. The van der Waals surface area contributed by atoms with Crippen LogP contribution in [0.25, 0.3) is 0 Å². The van der Waals surface area contributed by atoms with Gasteiger partial charge in [-0.3, -0.25) is 0 Å². The predicted molar refractivity (Wildman–Crippen MR) is 85.5 cm³/mol. The Kier molecular flexibility index (Phi) is 3.92. The van der Waals surface area contributed by atoms with Crippen LogP contribution in [0, 0.1) is 13.8 Å². The molecule has 0 aliphatic rings. The van der Waals surface area contributed by atoms with Crippen molar-refractivity contribution in [1.82, 2.24) is 15.0 Å². The molecule has 1 N–H and O–H groups in total. The Balaban J connectivity index is 1.97. The molecular weight excluding hydrogens is 280 g/mol. The normalized spacial score (nSPS) is 12.1. The molecule has 2 heterocycles. The Morgan fingerprint density at radius 3 is 2.57 bits per heavy atom. The zero-order valence-electron chi connectivity index (χ0n) is 11.9. The van der Waals surface area contributed by atoms with Crippen LogP contribution in [0.3, 0.4) is 0 Å². The van der Waals surface area contributed by atoms with Crippen LogP contribution in [0.5, 0.6) is 0 Å². The third-order valence-electron chi connectivity index (χ3n) is 3.09. The van der Waals surface area contributed by atoms with Gasteiger partial charge in [0.05, 0.1) is 0 Å². The van der Waals surface area contributed by atoms with Crippen molar-refractivity contribution >= 4 is 17.2 Å². The van der Waals surface area contributed by atoms with Crippen LogP contribution < -0.4 is 5.32 Å². The van der Waals surface area contributed by atoms with Gasteiger partial charge in [-0.1, -0.05) is 30.3 Å². The van der Waals surface area contributed by atoms with E-state index in [-0.39, 0.29) is 6.04 Å². The minimum absolute atomic E-state index is 0.0000926. The lowest BCUT2D eigenvalue weighted by atomic mass is 10.1. The first-order chi connectivity index (χ1) is 10.2. The largest absolute Gasteiger partial charge is 0.357 e. The van der Waals surface area contributed by atoms with Crippen molar-refractivity contribution in [2.24, 2.45) is 0 Å². The van der Waals surface area contributed by atoms with E-state index in [0.717, 1.165) is 22.3 Å². The molecule has 3 rings (SSSR count). The highest BCUT2D eigenvalue weighted by Gasteiger charge is 2.17. The first-order valence-electron chi connectivity index (χ1n) is 6.75. The van der Waals surface area contributed by atoms with Gasteiger partial charge in [-0.25, -0.2) is 15.0 Å². The molecular formula is C16H16N4S. The number of anilines is 1. The summed E-state index contributed by atoms with van der Waals surface area (Å²) < 4.78 is 0. The van der Waals surface area contributed by atoms with Crippen LogP contribution in [-0.4, -0.2) is 15.0 Å². The number of aryl methyl sites for hydroxylation is 2. The van der Waals surface area contributed by atoms with Crippen LogP contribution in [0.4, 0.5) is 5.82 Å². The molecule has 0 aliphatic heterocycles. The van der Waals surface area contributed by atoms with Gasteiger partial charge in [-0.05, 0) is 19.4 Å². The van der Waals surface area contributed by atoms with E-state index in [1.165, 1.54) is 5.56 Å². The fraction of sp³-hybridized carbons (Fsp3) is 0.188. The molecule has 0 radical (unpaired) electrons. The SMILES string of the molecule is Cc1cc(NC(c2ccccc2)c2nccs2)nc(C)n1. The van der Waals surface area contributed by atoms with Gasteiger partial charge in [0, 0.05) is 23.3 Å².